The molecule has 2 aromatic rings. The van der Waals surface area contributed by atoms with Gasteiger partial charge in [-0.2, -0.15) is 5.10 Å². The van der Waals surface area contributed by atoms with Crippen LogP contribution in [-0.4, -0.2) is 12.8 Å². The third-order valence-corrected chi connectivity index (χ3v) is 3.04. The van der Waals surface area contributed by atoms with E-state index in [4.69, 9.17) is 11.6 Å². The van der Waals surface area contributed by atoms with E-state index in [0.717, 1.165) is 22.6 Å². The Balaban J connectivity index is 2.16. The van der Waals surface area contributed by atoms with Gasteiger partial charge in [0.1, 0.15) is 0 Å². The van der Waals surface area contributed by atoms with Crippen LogP contribution in [0.15, 0.2) is 53.6 Å². The summed E-state index contributed by atoms with van der Waals surface area (Å²) in [5.74, 6) is 0. The molecule has 0 unspecified atom stereocenters. The fourth-order valence-corrected chi connectivity index (χ4v) is 1.88. The van der Waals surface area contributed by atoms with Crippen LogP contribution >= 0.6 is 11.6 Å². The molecule has 0 atom stereocenters. The lowest BCUT2D eigenvalue weighted by atomic mass is 10.1. The summed E-state index contributed by atoms with van der Waals surface area (Å²) < 4.78 is 0. The van der Waals surface area contributed by atoms with Gasteiger partial charge in [-0.15, -0.1) is 0 Å². The normalized spacial score (nSPS) is 11.2. The van der Waals surface area contributed by atoms with Crippen LogP contribution in [0.25, 0.3) is 0 Å². The molecule has 0 aliphatic rings. The topological polar surface area (TPSA) is 36.4 Å². The Kier molecular flexibility index (Phi) is 4.42. The van der Waals surface area contributed by atoms with E-state index < -0.39 is 0 Å². The zero-order valence-corrected chi connectivity index (χ0v) is 11.7. The molecule has 98 valence electrons. The number of halogens is 1. The van der Waals surface area contributed by atoms with Crippen molar-refractivity contribution in [3.05, 3.63) is 59.1 Å². The Bertz CT molecular complexity index is 576. The summed E-state index contributed by atoms with van der Waals surface area (Å²) >= 11 is 5.84. The maximum absolute atomic E-state index is 5.84. The van der Waals surface area contributed by atoms with Gasteiger partial charge in [0.2, 0.25) is 0 Å². The minimum absolute atomic E-state index is 0.715. The highest BCUT2D eigenvalue weighted by Crippen LogP contribution is 2.16. The molecule has 0 radical (unpaired) electrons. The van der Waals surface area contributed by atoms with Gasteiger partial charge in [0.25, 0.3) is 0 Å². The van der Waals surface area contributed by atoms with Gasteiger partial charge in [-0.25, -0.2) is 0 Å². The SMILES string of the molecule is CNc1ccccc1/C(C)=N\Nc1ccc(Cl)cc1. The minimum atomic E-state index is 0.715. The van der Waals surface area contributed by atoms with E-state index in [0.29, 0.717) is 5.02 Å². The van der Waals surface area contributed by atoms with E-state index in [9.17, 15) is 0 Å². The molecule has 4 heteroatoms. The Hall–Kier alpha value is -2.00. The number of hydrogen-bond donors (Lipinski definition) is 2. The zero-order valence-electron chi connectivity index (χ0n) is 10.9. The summed E-state index contributed by atoms with van der Waals surface area (Å²) in [6, 6.07) is 15.5. The molecule has 2 N–H and O–H groups in total. The maximum Gasteiger partial charge on any atom is 0.0669 e. The molecule has 19 heavy (non-hydrogen) atoms. The second-order valence-corrected chi connectivity index (χ2v) is 4.55. The zero-order chi connectivity index (χ0) is 13.7. The minimum Gasteiger partial charge on any atom is -0.388 e. The lowest BCUT2D eigenvalue weighted by Crippen LogP contribution is -2.03. The van der Waals surface area contributed by atoms with Crippen LogP contribution in [0.3, 0.4) is 0 Å². The Morgan fingerprint density at radius 2 is 1.74 bits per heavy atom. The molecule has 0 aliphatic heterocycles. The molecular weight excluding hydrogens is 258 g/mol. The molecule has 0 spiro atoms. The summed E-state index contributed by atoms with van der Waals surface area (Å²) in [5.41, 5.74) is 6.98. The summed E-state index contributed by atoms with van der Waals surface area (Å²) in [5, 5.41) is 8.26. The lowest BCUT2D eigenvalue weighted by molar-refractivity contribution is 1.32. The number of nitrogens with one attached hydrogen (secondary N) is 2. The predicted molar refractivity (Wildman–Crippen MR) is 83.3 cm³/mol. The number of para-hydroxylation sites is 1. The van der Waals surface area contributed by atoms with E-state index in [1.54, 1.807) is 0 Å². The van der Waals surface area contributed by atoms with Gasteiger partial charge in [0, 0.05) is 23.3 Å². The van der Waals surface area contributed by atoms with Crippen LogP contribution in [-0.2, 0) is 0 Å². The average Bonchev–Trinajstić information content (AvgIpc) is 2.46. The molecule has 0 fully saturated rings. The van der Waals surface area contributed by atoms with Gasteiger partial charge in [0.15, 0.2) is 0 Å². The van der Waals surface area contributed by atoms with E-state index >= 15 is 0 Å². The molecular formula is C15H16ClN3. The molecule has 0 heterocycles. The van der Waals surface area contributed by atoms with Crippen molar-refractivity contribution in [3.63, 3.8) is 0 Å². The van der Waals surface area contributed by atoms with Crippen molar-refractivity contribution in [1.29, 1.82) is 0 Å². The summed E-state index contributed by atoms with van der Waals surface area (Å²) in [6.45, 7) is 1.97. The molecule has 3 nitrogen and oxygen atoms in total. The molecule has 0 amide bonds. The highest BCUT2D eigenvalue weighted by molar-refractivity contribution is 6.30. The Morgan fingerprint density at radius 3 is 2.42 bits per heavy atom. The van der Waals surface area contributed by atoms with Crippen molar-refractivity contribution in [2.45, 2.75) is 6.92 Å². The van der Waals surface area contributed by atoms with Gasteiger partial charge in [-0.3, -0.25) is 5.43 Å². The average molecular weight is 274 g/mol. The van der Waals surface area contributed by atoms with Crippen molar-refractivity contribution < 1.29 is 0 Å². The first-order chi connectivity index (χ1) is 9.20. The molecule has 0 bridgehead atoms. The van der Waals surface area contributed by atoms with E-state index in [1.807, 2.05) is 62.5 Å². The highest BCUT2D eigenvalue weighted by atomic mass is 35.5. The van der Waals surface area contributed by atoms with Gasteiger partial charge in [0.05, 0.1) is 11.4 Å². The van der Waals surface area contributed by atoms with E-state index in [1.165, 1.54) is 0 Å². The Morgan fingerprint density at radius 1 is 1.05 bits per heavy atom. The number of hydrazone groups is 1. The quantitative estimate of drug-likeness (QED) is 0.646. The van der Waals surface area contributed by atoms with Crippen molar-refractivity contribution in [1.82, 2.24) is 0 Å². The van der Waals surface area contributed by atoms with Crippen molar-refractivity contribution >= 4 is 28.7 Å². The number of rotatable bonds is 4. The van der Waals surface area contributed by atoms with Crippen molar-refractivity contribution in [2.75, 3.05) is 17.8 Å². The Labute approximate surface area is 118 Å². The van der Waals surface area contributed by atoms with Crippen LogP contribution in [0, 0.1) is 0 Å². The maximum atomic E-state index is 5.84. The molecule has 0 saturated carbocycles. The van der Waals surface area contributed by atoms with Gasteiger partial charge >= 0.3 is 0 Å². The highest BCUT2D eigenvalue weighted by Gasteiger charge is 2.02. The second-order valence-electron chi connectivity index (χ2n) is 4.11. The number of nitrogens with zero attached hydrogens (tertiary/aromatic N) is 1. The first kappa shape index (κ1) is 13.4. The molecule has 0 aromatic heterocycles. The van der Waals surface area contributed by atoms with Crippen LogP contribution in [0.1, 0.15) is 12.5 Å². The van der Waals surface area contributed by atoms with Crippen LogP contribution in [0.4, 0.5) is 11.4 Å². The van der Waals surface area contributed by atoms with Crippen LogP contribution in [0.5, 0.6) is 0 Å². The largest absolute Gasteiger partial charge is 0.388 e. The smallest absolute Gasteiger partial charge is 0.0669 e. The first-order valence-electron chi connectivity index (χ1n) is 6.03. The lowest BCUT2D eigenvalue weighted by Gasteiger charge is -2.09. The van der Waals surface area contributed by atoms with E-state index in [2.05, 4.69) is 15.8 Å². The van der Waals surface area contributed by atoms with Gasteiger partial charge < -0.3 is 5.32 Å². The van der Waals surface area contributed by atoms with Crippen molar-refractivity contribution in [3.8, 4) is 0 Å². The molecule has 2 rings (SSSR count). The first-order valence-corrected chi connectivity index (χ1v) is 6.41. The third kappa shape index (κ3) is 3.48. The van der Waals surface area contributed by atoms with Crippen LogP contribution < -0.4 is 10.7 Å². The summed E-state index contributed by atoms with van der Waals surface area (Å²) in [6.07, 6.45) is 0. The predicted octanol–water partition coefficient (Wildman–Crippen LogP) is 4.22. The third-order valence-electron chi connectivity index (χ3n) is 2.78. The number of hydrogen-bond acceptors (Lipinski definition) is 3. The second kappa shape index (κ2) is 6.25. The van der Waals surface area contributed by atoms with Gasteiger partial charge in [-0.1, -0.05) is 29.8 Å². The molecule has 2 aromatic carbocycles. The summed E-state index contributed by atoms with van der Waals surface area (Å²) in [7, 11) is 1.90. The number of benzene rings is 2. The monoisotopic (exact) mass is 273 g/mol. The van der Waals surface area contributed by atoms with E-state index in [-0.39, 0.29) is 0 Å². The molecule has 0 saturated heterocycles. The van der Waals surface area contributed by atoms with Gasteiger partial charge in [-0.05, 0) is 37.3 Å². The fourth-order valence-electron chi connectivity index (χ4n) is 1.75. The van der Waals surface area contributed by atoms with Crippen LogP contribution in [0.2, 0.25) is 5.02 Å². The number of anilines is 2. The fraction of sp³-hybridized carbons (Fsp3) is 0.133. The molecule has 0 aliphatic carbocycles. The summed E-state index contributed by atoms with van der Waals surface area (Å²) in [4.78, 5) is 0. The van der Waals surface area contributed by atoms with Crippen molar-refractivity contribution in [2.24, 2.45) is 5.10 Å². The standard InChI is InChI=1S/C15H16ClN3/c1-11(14-5-3-4-6-15(14)17-2)18-19-13-9-7-12(16)8-10-13/h3-10,17,19H,1-2H3/b18-11-.